The summed E-state index contributed by atoms with van der Waals surface area (Å²) in [6.45, 7) is 0. The summed E-state index contributed by atoms with van der Waals surface area (Å²) in [6, 6.07) is 9.41. The van der Waals surface area contributed by atoms with E-state index in [0.29, 0.717) is 11.1 Å². The van der Waals surface area contributed by atoms with Gasteiger partial charge in [0.1, 0.15) is 0 Å². The Hall–Kier alpha value is -2.36. The standard InChI is InChI=1S/C14H12N2O2/c1-16(2)11-7-10-12(14(18)15-13(10)17)9-6-4-3-5-8(9)11/h3-7H,1-2H3,(H,15,17,18). The zero-order chi connectivity index (χ0) is 12.9. The molecule has 2 aromatic carbocycles. The number of nitrogens with one attached hydrogen (secondary N) is 1. The number of hydrogen-bond donors (Lipinski definition) is 1. The number of fused-ring (bicyclic) bond motifs is 3. The van der Waals surface area contributed by atoms with Gasteiger partial charge in [0.15, 0.2) is 0 Å². The molecule has 0 bridgehead atoms. The summed E-state index contributed by atoms with van der Waals surface area (Å²) < 4.78 is 0. The van der Waals surface area contributed by atoms with Crippen LogP contribution in [0.25, 0.3) is 10.8 Å². The molecule has 0 aromatic heterocycles. The molecule has 0 aliphatic carbocycles. The largest absolute Gasteiger partial charge is 0.377 e. The Balaban J connectivity index is 2.48. The number of carbonyl (C=O) groups excluding carboxylic acids is 2. The Morgan fingerprint density at radius 3 is 2.33 bits per heavy atom. The van der Waals surface area contributed by atoms with E-state index in [2.05, 4.69) is 5.32 Å². The quantitative estimate of drug-likeness (QED) is 0.773. The lowest BCUT2D eigenvalue weighted by atomic mass is 9.98. The van der Waals surface area contributed by atoms with Crippen molar-refractivity contribution in [3.8, 4) is 0 Å². The van der Waals surface area contributed by atoms with Gasteiger partial charge in [0.2, 0.25) is 0 Å². The van der Waals surface area contributed by atoms with E-state index in [1.807, 2.05) is 43.3 Å². The van der Waals surface area contributed by atoms with E-state index in [0.717, 1.165) is 16.5 Å². The molecule has 0 spiro atoms. The van der Waals surface area contributed by atoms with Gasteiger partial charge in [-0.05, 0) is 11.5 Å². The van der Waals surface area contributed by atoms with Crippen molar-refractivity contribution in [2.75, 3.05) is 19.0 Å². The van der Waals surface area contributed by atoms with E-state index >= 15 is 0 Å². The first-order valence-corrected chi connectivity index (χ1v) is 5.68. The molecule has 1 N–H and O–H groups in total. The van der Waals surface area contributed by atoms with Crippen LogP contribution in [0.2, 0.25) is 0 Å². The van der Waals surface area contributed by atoms with Gasteiger partial charge in [0, 0.05) is 25.2 Å². The fraction of sp³-hybridized carbons (Fsp3) is 0.143. The molecule has 0 saturated carbocycles. The van der Waals surface area contributed by atoms with Crippen molar-refractivity contribution < 1.29 is 9.59 Å². The average Bonchev–Trinajstić information content (AvgIpc) is 2.64. The van der Waals surface area contributed by atoms with Gasteiger partial charge >= 0.3 is 0 Å². The average molecular weight is 240 g/mol. The molecule has 1 heterocycles. The number of nitrogens with zero attached hydrogens (tertiary/aromatic N) is 1. The van der Waals surface area contributed by atoms with E-state index in [1.54, 1.807) is 6.07 Å². The van der Waals surface area contributed by atoms with Gasteiger partial charge in [0.05, 0.1) is 11.1 Å². The molecule has 0 fully saturated rings. The molecule has 0 radical (unpaired) electrons. The van der Waals surface area contributed by atoms with Crippen LogP contribution in [0, 0.1) is 0 Å². The summed E-state index contributed by atoms with van der Waals surface area (Å²) in [5.41, 5.74) is 1.89. The third-order valence-corrected chi connectivity index (χ3v) is 3.20. The second kappa shape index (κ2) is 3.57. The zero-order valence-corrected chi connectivity index (χ0v) is 10.2. The van der Waals surface area contributed by atoms with Crippen molar-refractivity contribution in [2.24, 2.45) is 0 Å². The van der Waals surface area contributed by atoms with Crippen LogP contribution >= 0.6 is 0 Å². The number of rotatable bonds is 1. The van der Waals surface area contributed by atoms with Crippen molar-refractivity contribution in [1.82, 2.24) is 5.32 Å². The summed E-state index contributed by atoms with van der Waals surface area (Å²) in [4.78, 5) is 25.5. The maximum Gasteiger partial charge on any atom is 0.259 e. The van der Waals surface area contributed by atoms with E-state index < -0.39 is 0 Å². The molecular formula is C14H12N2O2. The van der Waals surface area contributed by atoms with Gasteiger partial charge in [0.25, 0.3) is 11.8 Å². The van der Waals surface area contributed by atoms with E-state index in [9.17, 15) is 9.59 Å². The maximum atomic E-state index is 11.8. The van der Waals surface area contributed by atoms with Crippen molar-refractivity contribution in [3.63, 3.8) is 0 Å². The molecule has 0 unspecified atom stereocenters. The van der Waals surface area contributed by atoms with Gasteiger partial charge in [-0.25, -0.2) is 0 Å². The van der Waals surface area contributed by atoms with Gasteiger partial charge in [-0.2, -0.15) is 0 Å². The first kappa shape index (κ1) is 10.8. The van der Waals surface area contributed by atoms with Crippen LogP contribution in [-0.4, -0.2) is 25.9 Å². The summed E-state index contributed by atoms with van der Waals surface area (Å²) in [5.74, 6) is -0.625. The molecule has 0 atom stereocenters. The summed E-state index contributed by atoms with van der Waals surface area (Å²) >= 11 is 0. The third-order valence-electron chi connectivity index (χ3n) is 3.20. The van der Waals surface area contributed by atoms with Crippen LogP contribution in [0.4, 0.5) is 5.69 Å². The number of hydrogen-bond acceptors (Lipinski definition) is 3. The highest BCUT2D eigenvalue weighted by molar-refractivity contribution is 6.28. The van der Waals surface area contributed by atoms with Crippen molar-refractivity contribution in [1.29, 1.82) is 0 Å². The van der Waals surface area contributed by atoms with Crippen molar-refractivity contribution in [2.45, 2.75) is 0 Å². The first-order chi connectivity index (χ1) is 8.59. The fourth-order valence-electron chi connectivity index (χ4n) is 2.38. The highest BCUT2D eigenvalue weighted by Gasteiger charge is 2.30. The predicted octanol–water partition coefficient (Wildman–Crippen LogP) is 1.79. The molecule has 0 saturated heterocycles. The first-order valence-electron chi connectivity index (χ1n) is 5.68. The Kier molecular flexibility index (Phi) is 2.13. The minimum Gasteiger partial charge on any atom is -0.377 e. The summed E-state index contributed by atoms with van der Waals surface area (Å²) in [5, 5.41) is 4.14. The molecule has 18 heavy (non-hydrogen) atoms. The van der Waals surface area contributed by atoms with Gasteiger partial charge in [-0.15, -0.1) is 0 Å². The van der Waals surface area contributed by atoms with Crippen LogP contribution in [0.3, 0.4) is 0 Å². The topological polar surface area (TPSA) is 49.4 Å². The number of imide groups is 1. The second-order valence-corrected chi connectivity index (χ2v) is 4.54. The predicted molar refractivity (Wildman–Crippen MR) is 70.1 cm³/mol. The van der Waals surface area contributed by atoms with E-state index in [1.165, 1.54) is 0 Å². The van der Waals surface area contributed by atoms with Crippen LogP contribution in [0.1, 0.15) is 20.7 Å². The number of amides is 2. The fourth-order valence-corrected chi connectivity index (χ4v) is 2.38. The lowest BCUT2D eigenvalue weighted by molar-refractivity contribution is 0.0880. The highest BCUT2D eigenvalue weighted by atomic mass is 16.2. The molecule has 90 valence electrons. The SMILES string of the molecule is CN(C)c1cc2c(c3ccccc13)C(=O)NC2=O. The monoisotopic (exact) mass is 240 g/mol. The Morgan fingerprint density at radius 2 is 1.67 bits per heavy atom. The van der Waals surface area contributed by atoms with E-state index in [-0.39, 0.29) is 11.8 Å². The summed E-state index contributed by atoms with van der Waals surface area (Å²) in [6.07, 6.45) is 0. The van der Waals surface area contributed by atoms with E-state index in [4.69, 9.17) is 0 Å². The Morgan fingerprint density at radius 1 is 1.00 bits per heavy atom. The highest BCUT2D eigenvalue weighted by Crippen LogP contribution is 2.33. The zero-order valence-electron chi connectivity index (χ0n) is 10.2. The van der Waals surface area contributed by atoms with Crippen LogP contribution in [-0.2, 0) is 0 Å². The Bertz CT molecular complexity index is 689. The van der Waals surface area contributed by atoms with Gasteiger partial charge in [-0.3, -0.25) is 14.9 Å². The van der Waals surface area contributed by atoms with Gasteiger partial charge in [-0.1, -0.05) is 24.3 Å². The number of anilines is 1. The number of carbonyl (C=O) groups is 2. The van der Waals surface area contributed by atoms with Gasteiger partial charge < -0.3 is 4.90 Å². The lowest BCUT2D eigenvalue weighted by Gasteiger charge is -2.17. The minimum absolute atomic E-state index is 0.309. The lowest BCUT2D eigenvalue weighted by Crippen LogP contribution is -2.20. The molecule has 4 nitrogen and oxygen atoms in total. The molecule has 2 aromatic rings. The third kappa shape index (κ3) is 1.32. The minimum atomic E-state index is -0.316. The summed E-state index contributed by atoms with van der Waals surface area (Å²) in [7, 11) is 3.84. The van der Waals surface area contributed by atoms with Crippen molar-refractivity contribution >= 4 is 28.3 Å². The molecule has 3 rings (SSSR count). The van der Waals surface area contributed by atoms with Crippen LogP contribution in [0.5, 0.6) is 0 Å². The Labute approximate surface area is 104 Å². The molecular weight excluding hydrogens is 228 g/mol. The normalized spacial score (nSPS) is 13.7. The number of benzene rings is 2. The molecule has 1 aliphatic rings. The smallest absolute Gasteiger partial charge is 0.259 e. The maximum absolute atomic E-state index is 11.8. The molecule has 1 aliphatic heterocycles. The van der Waals surface area contributed by atoms with Crippen LogP contribution in [0.15, 0.2) is 30.3 Å². The van der Waals surface area contributed by atoms with Crippen LogP contribution < -0.4 is 10.2 Å². The molecule has 4 heteroatoms. The van der Waals surface area contributed by atoms with Crippen molar-refractivity contribution in [3.05, 3.63) is 41.5 Å². The second-order valence-electron chi connectivity index (χ2n) is 4.54. The molecule has 2 amide bonds.